The van der Waals surface area contributed by atoms with Crippen LogP contribution in [0.5, 0.6) is 0 Å². The number of nitrogens with zero attached hydrogens (tertiary/aromatic N) is 4. The van der Waals surface area contributed by atoms with Crippen molar-refractivity contribution in [2.24, 2.45) is 0 Å². The second-order valence-electron chi connectivity index (χ2n) is 7.81. The van der Waals surface area contributed by atoms with Gasteiger partial charge in [0.1, 0.15) is 0 Å². The van der Waals surface area contributed by atoms with Gasteiger partial charge in [0, 0.05) is 34.6 Å². The van der Waals surface area contributed by atoms with Crippen LogP contribution in [0.3, 0.4) is 0 Å². The molecule has 1 N–H and O–H groups in total. The Balaban J connectivity index is 1.46. The Morgan fingerprint density at radius 1 is 1.20 bits per heavy atom. The maximum atomic E-state index is 12.6. The van der Waals surface area contributed by atoms with Crippen molar-refractivity contribution in [1.29, 1.82) is 0 Å². The van der Waals surface area contributed by atoms with Crippen molar-refractivity contribution in [2.45, 2.75) is 32.7 Å². The lowest BCUT2D eigenvalue weighted by Crippen LogP contribution is -2.34. The molecule has 0 saturated carbocycles. The second kappa shape index (κ2) is 8.53. The fraction of sp³-hybridized carbons (Fsp3) is 0.348. The van der Waals surface area contributed by atoms with Gasteiger partial charge in [-0.25, -0.2) is 9.50 Å². The van der Waals surface area contributed by atoms with Gasteiger partial charge >= 0.3 is 0 Å². The first-order valence-corrected chi connectivity index (χ1v) is 11.0. The summed E-state index contributed by atoms with van der Waals surface area (Å²) in [7, 11) is 4.08. The van der Waals surface area contributed by atoms with Crippen molar-refractivity contribution in [2.75, 3.05) is 20.6 Å². The summed E-state index contributed by atoms with van der Waals surface area (Å²) in [6.07, 6.45) is 1.08. The second-order valence-corrected chi connectivity index (χ2v) is 8.79. The lowest BCUT2D eigenvalue weighted by atomic mass is 10.1. The molecule has 0 saturated heterocycles. The molecule has 1 unspecified atom stereocenters. The minimum Gasteiger partial charge on any atom is -0.354 e. The van der Waals surface area contributed by atoms with Crippen LogP contribution in [0.2, 0.25) is 0 Å². The van der Waals surface area contributed by atoms with E-state index in [2.05, 4.69) is 28.6 Å². The van der Waals surface area contributed by atoms with Crippen molar-refractivity contribution in [1.82, 2.24) is 24.8 Å². The van der Waals surface area contributed by atoms with Crippen LogP contribution in [0.4, 0.5) is 0 Å². The van der Waals surface area contributed by atoms with Crippen LogP contribution in [0.25, 0.3) is 16.6 Å². The summed E-state index contributed by atoms with van der Waals surface area (Å²) < 4.78 is 1.91. The first-order valence-electron chi connectivity index (χ1n) is 10.2. The van der Waals surface area contributed by atoms with Crippen LogP contribution >= 0.6 is 11.3 Å². The Hall–Kier alpha value is -2.77. The highest BCUT2D eigenvalue weighted by atomic mass is 32.1. The van der Waals surface area contributed by atoms with Crippen LogP contribution in [0.15, 0.2) is 41.8 Å². The van der Waals surface area contributed by atoms with E-state index in [0.29, 0.717) is 19.4 Å². The Morgan fingerprint density at radius 2 is 2.00 bits per heavy atom. The average Bonchev–Trinajstić information content (AvgIpc) is 3.36. The SMILES string of the molecule is Cc1nc2c3ccccc3nn2c(C)c1CCC(=O)NCC(c1cccs1)N(C)C. The van der Waals surface area contributed by atoms with E-state index in [1.807, 2.05) is 55.9 Å². The molecule has 0 aliphatic rings. The van der Waals surface area contributed by atoms with Gasteiger partial charge in [-0.05, 0) is 63.5 Å². The van der Waals surface area contributed by atoms with Gasteiger partial charge in [0.15, 0.2) is 5.65 Å². The van der Waals surface area contributed by atoms with Crippen LogP contribution in [0, 0.1) is 13.8 Å². The Kier molecular flexibility index (Phi) is 5.83. The van der Waals surface area contributed by atoms with E-state index in [9.17, 15) is 4.79 Å². The van der Waals surface area contributed by atoms with E-state index in [-0.39, 0.29) is 11.9 Å². The minimum atomic E-state index is 0.0583. The van der Waals surface area contributed by atoms with Crippen molar-refractivity contribution in [3.63, 3.8) is 0 Å². The van der Waals surface area contributed by atoms with Gasteiger partial charge in [0.25, 0.3) is 0 Å². The largest absolute Gasteiger partial charge is 0.354 e. The highest BCUT2D eigenvalue weighted by molar-refractivity contribution is 7.10. The zero-order valence-electron chi connectivity index (χ0n) is 17.8. The summed E-state index contributed by atoms with van der Waals surface area (Å²) in [5.41, 5.74) is 4.91. The zero-order chi connectivity index (χ0) is 21.3. The fourth-order valence-electron chi connectivity index (χ4n) is 3.89. The number of fused-ring (bicyclic) bond motifs is 3. The molecule has 0 radical (unpaired) electrons. The molecule has 0 bridgehead atoms. The molecule has 0 fully saturated rings. The van der Waals surface area contributed by atoms with Gasteiger partial charge < -0.3 is 10.2 Å². The number of amides is 1. The Morgan fingerprint density at radius 3 is 2.73 bits per heavy atom. The van der Waals surface area contributed by atoms with E-state index >= 15 is 0 Å². The monoisotopic (exact) mass is 421 g/mol. The predicted octanol–water partition coefficient (Wildman–Crippen LogP) is 3.91. The molecule has 0 aliphatic carbocycles. The number of likely N-dealkylation sites (N-methyl/N-ethyl adjacent to an activating group) is 1. The number of carbonyl (C=O) groups is 1. The van der Waals surface area contributed by atoms with E-state index in [1.165, 1.54) is 4.88 Å². The van der Waals surface area contributed by atoms with Crippen LogP contribution in [-0.2, 0) is 11.2 Å². The molecule has 1 amide bonds. The van der Waals surface area contributed by atoms with Crippen LogP contribution in [0.1, 0.15) is 34.3 Å². The Bertz CT molecular complexity index is 1180. The Labute approximate surface area is 180 Å². The smallest absolute Gasteiger partial charge is 0.220 e. The van der Waals surface area contributed by atoms with Crippen molar-refractivity contribution >= 4 is 33.8 Å². The van der Waals surface area contributed by atoms with E-state index in [1.54, 1.807) is 11.3 Å². The number of aryl methyl sites for hydroxylation is 2. The molecule has 6 nitrogen and oxygen atoms in total. The molecule has 0 aliphatic heterocycles. The molecule has 1 aromatic carbocycles. The number of rotatable bonds is 7. The molecular formula is C23H27N5OS. The highest BCUT2D eigenvalue weighted by Gasteiger charge is 2.18. The van der Waals surface area contributed by atoms with Crippen molar-refractivity contribution < 1.29 is 4.79 Å². The third-order valence-corrected chi connectivity index (χ3v) is 6.58. The average molecular weight is 422 g/mol. The lowest BCUT2D eigenvalue weighted by molar-refractivity contribution is -0.121. The normalized spacial score (nSPS) is 12.7. The van der Waals surface area contributed by atoms with E-state index in [0.717, 1.165) is 33.5 Å². The predicted molar refractivity (Wildman–Crippen MR) is 122 cm³/mol. The number of hydrogen-bond acceptors (Lipinski definition) is 5. The minimum absolute atomic E-state index is 0.0583. The standard InChI is InChI=1S/C23H27N5OS/c1-15-17(16(2)28-23(25-15)18-8-5-6-9-19(18)26-28)11-12-22(29)24-14-20(27(3)4)21-10-7-13-30-21/h5-10,13,20H,11-12,14H2,1-4H3,(H,24,29). The maximum Gasteiger partial charge on any atom is 0.220 e. The first-order chi connectivity index (χ1) is 14.5. The number of thiophene rings is 1. The number of nitrogens with one attached hydrogen (secondary N) is 1. The quantitative estimate of drug-likeness (QED) is 0.491. The summed E-state index contributed by atoms with van der Waals surface area (Å²) in [4.78, 5) is 20.8. The molecule has 30 heavy (non-hydrogen) atoms. The molecule has 4 rings (SSSR count). The highest BCUT2D eigenvalue weighted by Crippen LogP contribution is 2.24. The maximum absolute atomic E-state index is 12.6. The number of benzene rings is 1. The molecular weight excluding hydrogens is 394 g/mol. The molecule has 7 heteroatoms. The lowest BCUT2D eigenvalue weighted by Gasteiger charge is -2.23. The number of hydrogen-bond donors (Lipinski definition) is 1. The van der Waals surface area contributed by atoms with Gasteiger partial charge in [0.2, 0.25) is 5.91 Å². The third kappa shape index (κ3) is 3.95. The van der Waals surface area contributed by atoms with Crippen LogP contribution in [-0.4, -0.2) is 46.0 Å². The molecule has 0 spiro atoms. The molecule has 4 aromatic rings. The summed E-state index contributed by atoms with van der Waals surface area (Å²) in [6, 6.07) is 12.4. The van der Waals surface area contributed by atoms with E-state index < -0.39 is 0 Å². The number of carbonyl (C=O) groups excluding carboxylic acids is 1. The first kappa shape index (κ1) is 20.5. The van der Waals surface area contributed by atoms with Gasteiger partial charge in [-0.3, -0.25) is 4.79 Å². The molecule has 3 aromatic heterocycles. The van der Waals surface area contributed by atoms with Gasteiger partial charge in [-0.1, -0.05) is 18.2 Å². The summed E-state index contributed by atoms with van der Waals surface area (Å²) in [5, 5.41) is 10.9. The van der Waals surface area contributed by atoms with Gasteiger partial charge in [-0.2, -0.15) is 5.10 Å². The van der Waals surface area contributed by atoms with Crippen molar-refractivity contribution in [3.8, 4) is 0 Å². The summed E-state index contributed by atoms with van der Waals surface area (Å²) in [6.45, 7) is 4.67. The van der Waals surface area contributed by atoms with Gasteiger partial charge in [0.05, 0.1) is 11.6 Å². The van der Waals surface area contributed by atoms with Gasteiger partial charge in [-0.15, -0.1) is 11.3 Å². The van der Waals surface area contributed by atoms with Crippen molar-refractivity contribution in [3.05, 3.63) is 63.6 Å². The number of aromatic nitrogens is 3. The molecule has 156 valence electrons. The van der Waals surface area contributed by atoms with E-state index in [4.69, 9.17) is 10.1 Å². The molecule has 3 heterocycles. The van der Waals surface area contributed by atoms with Crippen LogP contribution < -0.4 is 5.32 Å². The third-order valence-electron chi connectivity index (χ3n) is 5.61. The summed E-state index contributed by atoms with van der Waals surface area (Å²) >= 11 is 1.72. The molecule has 1 atom stereocenters. The topological polar surface area (TPSA) is 62.5 Å². The summed E-state index contributed by atoms with van der Waals surface area (Å²) in [5.74, 6) is 0.0583. The zero-order valence-corrected chi connectivity index (χ0v) is 18.7. The fourth-order valence-corrected chi connectivity index (χ4v) is 4.82.